The third kappa shape index (κ3) is 4.35. The molecule has 3 aromatic rings. The van der Waals surface area contributed by atoms with E-state index in [0.29, 0.717) is 28.0 Å². The highest BCUT2D eigenvalue weighted by Gasteiger charge is 2.11. The monoisotopic (exact) mass is 375 g/mol. The summed E-state index contributed by atoms with van der Waals surface area (Å²) in [6.45, 7) is 0.0152. The van der Waals surface area contributed by atoms with Crippen molar-refractivity contribution < 1.29 is 13.9 Å². The van der Waals surface area contributed by atoms with E-state index in [2.05, 4.69) is 20.6 Å². The molecule has 0 fully saturated rings. The number of hydrogen-bond donors (Lipinski definition) is 1. The molecule has 1 aromatic carbocycles. The lowest BCUT2D eigenvalue weighted by Gasteiger charge is -2.07. The Morgan fingerprint density at radius 2 is 2.00 bits per heavy atom. The highest BCUT2D eigenvalue weighted by molar-refractivity contribution is 7.15. The van der Waals surface area contributed by atoms with Crippen LogP contribution in [0, 0.1) is 5.82 Å². The maximum absolute atomic E-state index is 13.0. The number of nitrogens with one attached hydrogen (secondary N) is 1. The first-order chi connectivity index (χ1) is 12.5. The second-order valence-electron chi connectivity index (χ2n) is 5.20. The van der Waals surface area contributed by atoms with Crippen LogP contribution >= 0.6 is 11.3 Å². The number of benzene rings is 1. The van der Waals surface area contributed by atoms with E-state index < -0.39 is 11.5 Å². The van der Waals surface area contributed by atoms with Gasteiger partial charge in [-0.15, -0.1) is 10.2 Å². The first kappa shape index (κ1) is 17.8. The molecular weight excluding hydrogens is 361 g/mol. The minimum Gasteiger partial charge on any atom is -0.377 e. The maximum Gasteiger partial charge on any atom is 0.267 e. The van der Waals surface area contributed by atoms with E-state index in [9.17, 15) is 14.0 Å². The Labute approximate surface area is 151 Å². The van der Waals surface area contributed by atoms with E-state index in [4.69, 9.17) is 4.74 Å². The summed E-state index contributed by atoms with van der Waals surface area (Å²) in [6, 6.07) is 8.51. The summed E-state index contributed by atoms with van der Waals surface area (Å²) in [7, 11) is 1.53. The van der Waals surface area contributed by atoms with Gasteiger partial charge in [-0.3, -0.25) is 14.9 Å². The molecule has 0 atom stereocenters. The Hall–Kier alpha value is -2.98. The number of carbonyl (C=O) groups excluding carboxylic acids is 1. The maximum atomic E-state index is 13.0. The Morgan fingerprint density at radius 1 is 1.23 bits per heavy atom. The van der Waals surface area contributed by atoms with Gasteiger partial charge in [-0.25, -0.2) is 9.07 Å². The van der Waals surface area contributed by atoms with Crippen molar-refractivity contribution in [3.8, 4) is 11.3 Å². The molecule has 10 heteroatoms. The number of aromatic nitrogens is 4. The first-order valence-corrected chi connectivity index (χ1v) is 8.32. The molecule has 0 unspecified atom stereocenters. The fourth-order valence-corrected chi connectivity index (χ4v) is 2.85. The average molecular weight is 375 g/mol. The van der Waals surface area contributed by atoms with Crippen molar-refractivity contribution in [3.05, 3.63) is 57.6 Å². The average Bonchev–Trinajstić information content (AvgIpc) is 3.05. The van der Waals surface area contributed by atoms with Crippen molar-refractivity contribution >= 4 is 22.4 Å². The molecule has 1 amide bonds. The lowest BCUT2D eigenvalue weighted by molar-refractivity contribution is -0.117. The summed E-state index contributed by atoms with van der Waals surface area (Å²) in [5.41, 5.74) is 0.660. The van der Waals surface area contributed by atoms with Crippen LogP contribution in [-0.4, -0.2) is 33.0 Å². The normalized spacial score (nSPS) is 10.7. The van der Waals surface area contributed by atoms with Gasteiger partial charge in [-0.05, 0) is 30.3 Å². The predicted octanol–water partition coefficient (Wildman–Crippen LogP) is 1.69. The number of methoxy groups -OCH3 is 1. The van der Waals surface area contributed by atoms with Crippen LogP contribution in [0.5, 0.6) is 0 Å². The van der Waals surface area contributed by atoms with Crippen molar-refractivity contribution in [3.63, 3.8) is 0 Å². The van der Waals surface area contributed by atoms with Crippen molar-refractivity contribution in [1.82, 2.24) is 20.0 Å². The molecule has 2 heterocycles. The topological polar surface area (TPSA) is 99.0 Å². The van der Waals surface area contributed by atoms with Crippen molar-refractivity contribution in [2.24, 2.45) is 0 Å². The SMILES string of the molecule is COCc1nnc(NC(=O)Cn2nc(-c3ccc(F)cc3)ccc2=O)s1. The number of rotatable bonds is 6. The largest absolute Gasteiger partial charge is 0.377 e. The second-order valence-corrected chi connectivity index (χ2v) is 6.27. The van der Waals surface area contributed by atoms with E-state index in [0.717, 1.165) is 4.68 Å². The summed E-state index contributed by atoms with van der Waals surface area (Å²) >= 11 is 1.18. The van der Waals surface area contributed by atoms with Gasteiger partial charge in [0.1, 0.15) is 24.0 Å². The van der Waals surface area contributed by atoms with E-state index in [-0.39, 0.29) is 12.4 Å². The van der Waals surface area contributed by atoms with E-state index in [1.165, 1.54) is 42.7 Å². The quantitative estimate of drug-likeness (QED) is 0.704. The molecule has 0 radical (unpaired) electrons. The fraction of sp³-hybridized carbons (Fsp3) is 0.188. The highest BCUT2D eigenvalue weighted by atomic mass is 32.1. The van der Waals surface area contributed by atoms with Crippen LogP contribution in [-0.2, 0) is 22.7 Å². The molecule has 1 N–H and O–H groups in total. The predicted molar refractivity (Wildman–Crippen MR) is 93.1 cm³/mol. The van der Waals surface area contributed by atoms with E-state index in [1.807, 2.05) is 0 Å². The van der Waals surface area contributed by atoms with Gasteiger partial charge in [0.05, 0.1) is 5.69 Å². The van der Waals surface area contributed by atoms with Crippen molar-refractivity contribution in [2.45, 2.75) is 13.2 Å². The molecule has 8 nitrogen and oxygen atoms in total. The molecule has 2 aromatic heterocycles. The Balaban J connectivity index is 1.74. The van der Waals surface area contributed by atoms with Gasteiger partial charge in [-0.2, -0.15) is 5.10 Å². The van der Waals surface area contributed by atoms with Gasteiger partial charge < -0.3 is 4.74 Å². The second kappa shape index (κ2) is 7.93. The van der Waals surface area contributed by atoms with Gasteiger partial charge in [0, 0.05) is 18.7 Å². The van der Waals surface area contributed by atoms with Gasteiger partial charge in [0.25, 0.3) is 5.56 Å². The number of anilines is 1. The zero-order chi connectivity index (χ0) is 18.5. The van der Waals surface area contributed by atoms with Crippen LogP contribution in [0.15, 0.2) is 41.2 Å². The lowest BCUT2D eigenvalue weighted by Crippen LogP contribution is -2.29. The zero-order valence-corrected chi connectivity index (χ0v) is 14.5. The van der Waals surface area contributed by atoms with Crippen molar-refractivity contribution in [1.29, 1.82) is 0 Å². The summed E-state index contributed by atoms with van der Waals surface area (Å²) < 4.78 is 19.0. The number of carbonyl (C=O) groups is 1. The number of halogens is 1. The zero-order valence-electron chi connectivity index (χ0n) is 13.7. The van der Waals surface area contributed by atoms with Crippen LogP contribution in [0.3, 0.4) is 0 Å². The van der Waals surface area contributed by atoms with Crippen LogP contribution in [0.25, 0.3) is 11.3 Å². The van der Waals surface area contributed by atoms with E-state index >= 15 is 0 Å². The van der Waals surface area contributed by atoms with Gasteiger partial charge in [0.15, 0.2) is 0 Å². The number of nitrogens with zero attached hydrogens (tertiary/aromatic N) is 4. The molecule has 0 aliphatic carbocycles. The molecular formula is C16H14FN5O3S. The third-order valence-electron chi connectivity index (χ3n) is 3.28. The van der Waals surface area contributed by atoms with Crippen molar-refractivity contribution in [2.75, 3.05) is 12.4 Å². The first-order valence-electron chi connectivity index (χ1n) is 7.50. The third-order valence-corrected chi connectivity index (χ3v) is 4.09. The molecule has 134 valence electrons. The molecule has 0 aliphatic heterocycles. The summed E-state index contributed by atoms with van der Waals surface area (Å²) in [6.07, 6.45) is 0. The van der Waals surface area contributed by atoms with Crippen LogP contribution in [0.1, 0.15) is 5.01 Å². The van der Waals surface area contributed by atoms with Gasteiger partial charge >= 0.3 is 0 Å². The standard InChI is InChI=1S/C16H14FN5O3S/c1-25-9-14-19-20-16(26-14)18-13(23)8-22-15(24)7-6-12(21-22)10-2-4-11(17)5-3-10/h2-7H,8-9H2,1H3,(H,18,20,23). The summed E-state index contributed by atoms with van der Waals surface area (Å²) in [4.78, 5) is 24.1. The molecule has 0 saturated heterocycles. The van der Waals surface area contributed by atoms with Gasteiger partial charge in [-0.1, -0.05) is 11.3 Å². The number of ether oxygens (including phenoxy) is 1. The van der Waals surface area contributed by atoms with Crippen LogP contribution < -0.4 is 10.9 Å². The number of amides is 1. The van der Waals surface area contributed by atoms with E-state index in [1.54, 1.807) is 12.1 Å². The summed E-state index contributed by atoms with van der Waals surface area (Å²) in [5, 5.41) is 15.3. The van der Waals surface area contributed by atoms with Crippen LogP contribution in [0.2, 0.25) is 0 Å². The smallest absolute Gasteiger partial charge is 0.267 e. The molecule has 0 aliphatic rings. The molecule has 0 bridgehead atoms. The molecule has 3 rings (SSSR count). The molecule has 0 saturated carbocycles. The van der Waals surface area contributed by atoms with Gasteiger partial charge in [0.2, 0.25) is 11.0 Å². The minimum absolute atomic E-state index is 0.285. The lowest BCUT2D eigenvalue weighted by atomic mass is 10.1. The fourth-order valence-electron chi connectivity index (χ4n) is 2.12. The molecule has 0 spiro atoms. The highest BCUT2D eigenvalue weighted by Crippen LogP contribution is 2.17. The van der Waals surface area contributed by atoms with Crippen LogP contribution in [0.4, 0.5) is 9.52 Å². The Morgan fingerprint density at radius 3 is 2.73 bits per heavy atom. The number of hydrogen-bond acceptors (Lipinski definition) is 7. The molecule has 26 heavy (non-hydrogen) atoms. The Bertz CT molecular complexity index is 971. The Kier molecular flexibility index (Phi) is 5.44. The summed E-state index contributed by atoms with van der Waals surface area (Å²) in [5.74, 6) is -0.831. The minimum atomic E-state index is -0.462.